The van der Waals surface area contributed by atoms with E-state index in [4.69, 9.17) is 5.11 Å². The topological polar surface area (TPSA) is 61.4 Å². The zero-order chi connectivity index (χ0) is 10.3. The van der Waals surface area contributed by atoms with Gasteiger partial charge in [-0.05, 0) is 13.0 Å². The summed E-state index contributed by atoms with van der Waals surface area (Å²) in [6.45, 7) is 4.61. The van der Waals surface area contributed by atoms with Crippen LogP contribution in [0.1, 0.15) is 20.3 Å². The summed E-state index contributed by atoms with van der Waals surface area (Å²) in [6, 6.07) is -0.121. The average Bonchev–Trinajstić information content (AvgIpc) is 2.10. The van der Waals surface area contributed by atoms with Crippen LogP contribution in [0, 0.1) is 5.92 Å². The van der Waals surface area contributed by atoms with Crippen LogP contribution in [0.4, 0.5) is 0 Å². The SMILES string of the molecule is CNCCC(=O)N[C@H](CO)C(C)C. The monoisotopic (exact) mass is 188 g/mol. The van der Waals surface area contributed by atoms with Gasteiger partial charge in [0.05, 0.1) is 12.6 Å². The first kappa shape index (κ1) is 12.4. The van der Waals surface area contributed by atoms with Crippen LogP contribution in [0.5, 0.6) is 0 Å². The predicted octanol–water partition coefficient (Wildman–Crippen LogP) is -0.271. The van der Waals surface area contributed by atoms with Crippen LogP contribution in [0.3, 0.4) is 0 Å². The van der Waals surface area contributed by atoms with Gasteiger partial charge in [0.25, 0.3) is 0 Å². The molecule has 4 nitrogen and oxygen atoms in total. The Balaban J connectivity index is 3.73. The molecule has 0 unspecified atom stereocenters. The molecule has 0 saturated carbocycles. The molecule has 0 aliphatic rings. The Hall–Kier alpha value is -0.610. The predicted molar refractivity (Wildman–Crippen MR) is 52.4 cm³/mol. The van der Waals surface area contributed by atoms with Crippen molar-refractivity contribution >= 4 is 5.91 Å². The van der Waals surface area contributed by atoms with E-state index in [9.17, 15) is 4.79 Å². The Morgan fingerprint density at radius 1 is 1.46 bits per heavy atom. The maximum Gasteiger partial charge on any atom is 0.221 e. The van der Waals surface area contributed by atoms with Gasteiger partial charge < -0.3 is 15.7 Å². The molecule has 0 rings (SSSR count). The van der Waals surface area contributed by atoms with Crippen molar-refractivity contribution in [2.24, 2.45) is 5.92 Å². The van der Waals surface area contributed by atoms with Crippen LogP contribution < -0.4 is 10.6 Å². The fourth-order valence-corrected chi connectivity index (χ4v) is 0.941. The Morgan fingerprint density at radius 2 is 2.08 bits per heavy atom. The first-order chi connectivity index (χ1) is 6.11. The van der Waals surface area contributed by atoms with Crippen LogP contribution >= 0.6 is 0 Å². The van der Waals surface area contributed by atoms with Crippen molar-refractivity contribution < 1.29 is 9.90 Å². The minimum Gasteiger partial charge on any atom is -0.394 e. The summed E-state index contributed by atoms with van der Waals surface area (Å²) in [5.41, 5.74) is 0. The van der Waals surface area contributed by atoms with Crippen molar-refractivity contribution in [3.8, 4) is 0 Å². The number of nitrogens with one attached hydrogen (secondary N) is 2. The smallest absolute Gasteiger partial charge is 0.221 e. The number of carbonyl (C=O) groups is 1. The van der Waals surface area contributed by atoms with E-state index in [0.29, 0.717) is 13.0 Å². The van der Waals surface area contributed by atoms with Crippen LogP contribution in [0.25, 0.3) is 0 Å². The summed E-state index contributed by atoms with van der Waals surface area (Å²) < 4.78 is 0. The largest absolute Gasteiger partial charge is 0.394 e. The highest BCUT2D eigenvalue weighted by molar-refractivity contribution is 5.76. The van der Waals surface area contributed by atoms with Gasteiger partial charge >= 0.3 is 0 Å². The summed E-state index contributed by atoms with van der Waals surface area (Å²) in [6.07, 6.45) is 0.458. The lowest BCUT2D eigenvalue weighted by Gasteiger charge is -2.19. The van der Waals surface area contributed by atoms with Gasteiger partial charge in [0.1, 0.15) is 0 Å². The van der Waals surface area contributed by atoms with Crippen molar-refractivity contribution in [1.82, 2.24) is 10.6 Å². The number of hydrogen-bond acceptors (Lipinski definition) is 3. The van der Waals surface area contributed by atoms with Crippen LogP contribution in [-0.4, -0.2) is 37.3 Å². The molecule has 0 spiro atoms. The van der Waals surface area contributed by atoms with Crippen LogP contribution in [0.15, 0.2) is 0 Å². The standard InChI is InChI=1S/C9H20N2O2/c1-7(2)8(6-12)11-9(13)4-5-10-3/h7-8,10,12H,4-6H2,1-3H3,(H,11,13)/t8-/m1/s1. The lowest BCUT2D eigenvalue weighted by Crippen LogP contribution is -2.41. The van der Waals surface area contributed by atoms with Gasteiger partial charge in [-0.1, -0.05) is 13.8 Å². The minimum atomic E-state index is -0.121. The van der Waals surface area contributed by atoms with E-state index in [1.807, 2.05) is 13.8 Å². The van der Waals surface area contributed by atoms with Gasteiger partial charge in [-0.15, -0.1) is 0 Å². The summed E-state index contributed by atoms with van der Waals surface area (Å²) >= 11 is 0. The molecule has 0 fully saturated rings. The summed E-state index contributed by atoms with van der Waals surface area (Å²) in [7, 11) is 1.80. The van der Waals surface area contributed by atoms with E-state index in [1.165, 1.54) is 0 Å². The van der Waals surface area contributed by atoms with Gasteiger partial charge in [0.15, 0.2) is 0 Å². The molecule has 0 aromatic carbocycles. The lowest BCUT2D eigenvalue weighted by atomic mass is 10.1. The third-order valence-corrected chi connectivity index (χ3v) is 1.95. The summed E-state index contributed by atoms with van der Waals surface area (Å²) in [5, 5.41) is 14.6. The molecule has 78 valence electrons. The number of aliphatic hydroxyl groups excluding tert-OH is 1. The van der Waals surface area contributed by atoms with E-state index in [0.717, 1.165) is 0 Å². The average molecular weight is 188 g/mol. The van der Waals surface area contributed by atoms with Gasteiger partial charge in [-0.25, -0.2) is 0 Å². The quantitative estimate of drug-likeness (QED) is 0.537. The van der Waals surface area contributed by atoms with Crippen molar-refractivity contribution in [3.05, 3.63) is 0 Å². The third kappa shape index (κ3) is 5.60. The second-order valence-corrected chi connectivity index (χ2v) is 3.45. The molecule has 1 amide bonds. The first-order valence-corrected chi connectivity index (χ1v) is 4.66. The van der Waals surface area contributed by atoms with E-state index in [2.05, 4.69) is 10.6 Å². The van der Waals surface area contributed by atoms with E-state index in [-0.39, 0.29) is 24.5 Å². The summed E-state index contributed by atoms with van der Waals surface area (Å²) in [4.78, 5) is 11.2. The molecule has 0 aliphatic carbocycles. The molecule has 0 heterocycles. The molecule has 13 heavy (non-hydrogen) atoms. The van der Waals surface area contributed by atoms with Crippen molar-refractivity contribution in [3.63, 3.8) is 0 Å². The number of hydrogen-bond donors (Lipinski definition) is 3. The Morgan fingerprint density at radius 3 is 2.46 bits per heavy atom. The number of rotatable bonds is 6. The highest BCUT2D eigenvalue weighted by Gasteiger charge is 2.13. The molecule has 0 aromatic rings. The van der Waals surface area contributed by atoms with E-state index < -0.39 is 0 Å². The maximum absolute atomic E-state index is 11.2. The lowest BCUT2D eigenvalue weighted by molar-refractivity contribution is -0.122. The van der Waals surface area contributed by atoms with Gasteiger partial charge in [0.2, 0.25) is 5.91 Å². The number of amides is 1. The van der Waals surface area contributed by atoms with Crippen molar-refractivity contribution in [2.45, 2.75) is 26.3 Å². The highest BCUT2D eigenvalue weighted by Crippen LogP contribution is 2.00. The molecule has 0 aliphatic heterocycles. The van der Waals surface area contributed by atoms with E-state index >= 15 is 0 Å². The fraction of sp³-hybridized carbons (Fsp3) is 0.889. The molecule has 4 heteroatoms. The van der Waals surface area contributed by atoms with Gasteiger partial charge in [0, 0.05) is 13.0 Å². The molecular weight excluding hydrogens is 168 g/mol. The molecule has 0 bridgehead atoms. The first-order valence-electron chi connectivity index (χ1n) is 4.66. The Labute approximate surface area is 79.7 Å². The zero-order valence-electron chi connectivity index (χ0n) is 8.63. The van der Waals surface area contributed by atoms with Gasteiger partial charge in [-0.3, -0.25) is 4.79 Å². The molecule has 0 aromatic heterocycles. The van der Waals surface area contributed by atoms with Crippen molar-refractivity contribution in [1.29, 1.82) is 0 Å². The molecule has 0 saturated heterocycles. The Kier molecular flexibility index (Phi) is 6.54. The third-order valence-electron chi connectivity index (χ3n) is 1.95. The number of aliphatic hydroxyl groups is 1. The van der Waals surface area contributed by atoms with Gasteiger partial charge in [-0.2, -0.15) is 0 Å². The van der Waals surface area contributed by atoms with Crippen molar-refractivity contribution in [2.75, 3.05) is 20.2 Å². The molecule has 1 atom stereocenters. The Bertz CT molecular complexity index is 149. The van der Waals surface area contributed by atoms with E-state index in [1.54, 1.807) is 7.05 Å². The molecule has 0 radical (unpaired) electrons. The molecule has 3 N–H and O–H groups in total. The summed E-state index contributed by atoms with van der Waals surface area (Å²) in [5.74, 6) is 0.255. The zero-order valence-corrected chi connectivity index (χ0v) is 8.63. The second kappa shape index (κ2) is 6.86. The van der Waals surface area contributed by atoms with Crippen LogP contribution in [-0.2, 0) is 4.79 Å². The maximum atomic E-state index is 11.2. The number of carbonyl (C=O) groups excluding carboxylic acids is 1. The minimum absolute atomic E-state index is 0.00294. The molecular formula is C9H20N2O2. The second-order valence-electron chi connectivity index (χ2n) is 3.45. The highest BCUT2D eigenvalue weighted by atomic mass is 16.3. The van der Waals surface area contributed by atoms with Crippen LogP contribution in [0.2, 0.25) is 0 Å². The normalized spacial score (nSPS) is 13.0. The fourth-order valence-electron chi connectivity index (χ4n) is 0.941.